The average Bonchev–Trinajstić information content (AvgIpc) is 3.96. The molecule has 12 rings (SSSR count). The molecule has 52 heavy (non-hydrogen) atoms. The van der Waals surface area contributed by atoms with Crippen LogP contribution in [-0.2, 0) is 0 Å². The normalized spacial score (nSPS) is 12.2. The third-order valence-electron chi connectivity index (χ3n) is 10.8. The van der Waals surface area contributed by atoms with E-state index in [0.29, 0.717) is 0 Å². The first-order chi connectivity index (χ1) is 25.7. The van der Waals surface area contributed by atoms with Crippen molar-refractivity contribution in [2.75, 3.05) is 0 Å². The molecule has 4 heterocycles. The Hall–Kier alpha value is -7.04. The molecule has 0 amide bonds. The van der Waals surface area contributed by atoms with Crippen LogP contribution in [0, 0.1) is 0 Å². The Kier molecular flexibility index (Phi) is 5.47. The van der Waals surface area contributed by atoms with Crippen LogP contribution < -0.4 is 0 Å². The molecule has 0 bridgehead atoms. The van der Waals surface area contributed by atoms with Gasteiger partial charge in [0.2, 0.25) is 0 Å². The Bertz CT molecular complexity index is 3420. The highest BCUT2D eigenvalue weighted by Crippen LogP contribution is 2.43. The van der Waals surface area contributed by atoms with Crippen LogP contribution in [0.5, 0.6) is 0 Å². The van der Waals surface area contributed by atoms with Crippen LogP contribution in [0.2, 0.25) is 0 Å². The largest absolute Gasteiger partial charge is 0.456 e. The number of rotatable bonds is 3. The lowest BCUT2D eigenvalue weighted by atomic mass is 9.92. The van der Waals surface area contributed by atoms with Crippen LogP contribution >= 0.6 is 0 Å². The molecular weight excluding hydrogens is 639 g/mol. The highest BCUT2D eigenvalue weighted by molar-refractivity contribution is 6.18. The molecule has 0 saturated heterocycles. The molecule has 0 atom stereocenters. The minimum Gasteiger partial charge on any atom is -0.456 e. The Balaban J connectivity index is 1.11. The second kappa shape index (κ2) is 10.3. The van der Waals surface area contributed by atoms with Crippen LogP contribution in [0.25, 0.3) is 121 Å². The van der Waals surface area contributed by atoms with Crippen LogP contribution in [0.4, 0.5) is 0 Å². The van der Waals surface area contributed by atoms with E-state index in [-0.39, 0.29) is 0 Å². The minimum absolute atomic E-state index is 0.887. The van der Waals surface area contributed by atoms with Crippen molar-refractivity contribution >= 4 is 87.6 Å². The first-order valence-electron chi connectivity index (χ1n) is 17.6. The number of fused-ring (bicyclic) bond motifs is 12. The van der Waals surface area contributed by atoms with Gasteiger partial charge in [0.25, 0.3) is 0 Å². The van der Waals surface area contributed by atoms with E-state index >= 15 is 0 Å². The van der Waals surface area contributed by atoms with Gasteiger partial charge in [0, 0.05) is 54.1 Å². The van der Waals surface area contributed by atoms with Crippen molar-refractivity contribution in [3.05, 3.63) is 158 Å². The first-order valence-corrected chi connectivity index (χ1v) is 17.6. The van der Waals surface area contributed by atoms with E-state index in [4.69, 9.17) is 13.3 Å². The molecule has 0 fully saturated rings. The molecule has 8 aromatic carbocycles. The predicted molar refractivity (Wildman–Crippen MR) is 214 cm³/mol. The van der Waals surface area contributed by atoms with Gasteiger partial charge in [-0.15, -0.1) is 0 Å². The molecule has 242 valence electrons. The number of para-hydroxylation sites is 3. The van der Waals surface area contributed by atoms with Gasteiger partial charge < -0.3 is 18.2 Å². The number of aromatic nitrogens is 1. The number of hydrogen-bond acceptors (Lipinski definition) is 3. The third kappa shape index (κ3) is 3.97. The summed E-state index contributed by atoms with van der Waals surface area (Å²) in [6, 6.07) is 55.8. The van der Waals surface area contributed by atoms with Crippen molar-refractivity contribution in [1.29, 1.82) is 0 Å². The van der Waals surface area contributed by atoms with E-state index in [0.717, 1.165) is 110 Å². The van der Waals surface area contributed by atoms with E-state index in [1.165, 1.54) is 10.8 Å². The van der Waals surface area contributed by atoms with Crippen molar-refractivity contribution < 1.29 is 13.3 Å². The van der Waals surface area contributed by atoms with Gasteiger partial charge >= 0.3 is 0 Å². The molecule has 0 spiro atoms. The summed E-state index contributed by atoms with van der Waals surface area (Å²) >= 11 is 0. The second-order valence-electron chi connectivity index (χ2n) is 13.8. The van der Waals surface area contributed by atoms with Crippen molar-refractivity contribution in [2.45, 2.75) is 0 Å². The molecule has 0 radical (unpaired) electrons. The lowest BCUT2D eigenvalue weighted by Gasteiger charge is -2.10. The molecule has 0 unspecified atom stereocenters. The van der Waals surface area contributed by atoms with E-state index in [1.807, 2.05) is 36.4 Å². The first kappa shape index (κ1) is 27.7. The number of hydrogen-bond donors (Lipinski definition) is 1. The van der Waals surface area contributed by atoms with Gasteiger partial charge in [0.15, 0.2) is 0 Å². The summed E-state index contributed by atoms with van der Waals surface area (Å²) in [4.78, 5) is 3.80. The summed E-state index contributed by atoms with van der Waals surface area (Å²) in [6.45, 7) is 0. The summed E-state index contributed by atoms with van der Waals surface area (Å²) in [5, 5.41) is 9.09. The highest BCUT2D eigenvalue weighted by atomic mass is 16.3. The SMILES string of the molecule is c1ccc2c(c1)oc1ccc(-c3cc(-c4ccc5oc6ccccc6c5c4)c4c(c3)[nH]c3ccc(-c5ccc6oc7ccccc7c6c5)cc34)cc12. The standard InChI is InChI=1S/C48H27NO3/c1-4-10-42-32(7-1)36-21-28(14-18-45(36)50-42)27-13-17-40-39(23-27)48-35(30-16-20-47-38(24-30)34-9-3-6-12-44(34)52-47)25-31(26-41(48)49-40)29-15-19-46-37(22-29)33-8-2-5-11-43(33)51-46/h1-26,49H. The molecule has 0 aliphatic rings. The molecule has 1 N–H and O–H groups in total. The summed E-state index contributed by atoms with van der Waals surface area (Å²) in [6.07, 6.45) is 0. The molecule has 0 saturated carbocycles. The van der Waals surface area contributed by atoms with Gasteiger partial charge in [-0.2, -0.15) is 0 Å². The molecule has 12 aromatic rings. The van der Waals surface area contributed by atoms with Gasteiger partial charge in [-0.25, -0.2) is 0 Å². The highest BCUT2D eigenvalue weighted by Gasteiger charge is 2.18. The van der Waals surface area contributed by atoms with Gasteiger partial charge in [0.05, 0.1) is 0 Å². The predicted octanol–water partition coefficient (Wildman–Crippen LogP) is 14.0. The van der Waals surface area contributed by atoms with Crippen molar-refractivity contribution in [1.82, 2.24) is 4.98 Å². The van der Waals surface area contributed by atoms with Gasteiger partial charge in [0.1, 0.15) is 33.5 Å². The van der Waals surface area contributed by atoms with E-state index in [1.54, 1.807) is 0 Å². The van der Waals surface area contributed by atoms with E-state index in [2.05, 4.69) is 126 Å². The van der Waals surface area contributed by atoms with Gasteiger partial charge in [-0.1, -0.05) is 78.9 Å². The van der Waals surface area contributed by atoms with Crippen molar-refractivity contribution in [2.24, 2.45) is 0 Å². The third-order valence-corrected chi connectivity index (χ3v) is 10.8. The molecular formula is C48H27NO3. The van der Waals surface area contributed by atoms with Gasteiger partial charge in [-0.05, 0) is 112 Å². The smallest absolute Gasteiger partial charge is 0.135 e. The second-order valence-corrected chi connectivity index (χ2v) is 13.8. The molecule has 0 aliphatic heterocycles. The fraction of sp³-hybridized carbons (Fsp3) is 0. The maximum atomic E-state index is 6.24. The number of aromatic amines is 1. The van der Waals surface area contributed by atoms with Crippen molar-refractivity contribution in [3.8, 4) is 33.4 Å². The maximum Gasteiger partial charge on any atom is 0.135 e. The quantitative estimate of drug-likeness (QED) is 0.204. The maximum absolute atomic E-state index is 6.24. The van der Waals surface area contributed by atoms with Crippen LogP contribution in [0.15, 0.2) is 171 Å². The number of benzene rings is 8. The Morgan fingerprint density at radius 2 is 0.712 bits per heavy atom. The average molecular weight is 666 g/mol. The number of H-pyrrole nitrogens is 1. The zero-order valence-electron chi connectivity index (χ0n) is 27.7. The summed E-state index contributed by atoms with van der Waals surface area (Å²) in [5.41, 5.74) is 14.4. The monoisotopic (exact) mass is 665 g/mol. The Morgan fingerprint density at radius 3 is 1.27 bits per heavy atom. The topological polar surface area (TPSA) is 55.2 Å². The summed E-state index contributed by atoms with van der Waals surface area (Å²) in [5.74, 6) is 0. The Labute approximate surface area is 296 Å². The van der Waals surface area contributed by atoms with E-state index in [9.17, 15) is 0 Å². The number of nitrogens with one attached hydrogen (secondary N) is 1. The van der Waals surface area contributed by atoms with Crippen LogP contribution in [-0.4, -0.2) is 4.98 Å². The fourth-order valence-electron chi connectivity index (χ4n) is 8.31. The molecule has 0 aliphatic carbocycles. The van der Waals surface area contributed by atoms with Crippen molar-refractivity contribution in [3.63, 3.8) is 0 Å². The Morgan fingerprint density at radius 1 is 0.288 bits per heavy atom. The lowest BCUT2D eigenvalue weighted by molar-refractivity contribution is 0.668. The molecule has 4 aromatic heterocycles. The zero-order valence-corrected chi connectivity index (χ0v) is 27.7. The van der Waals surface area contributed by atoms with Crippen LogP contribution in [0.3, 0.4) is 0 Å². The fourth-order valence-corrected chi connectivity index (χ4v) is 8.31. The van der Waals surface area contributed by atoms with Gasteiger partial charge in [-0.3, -0.25) is 0 Å². The molecule has 4 nitrogen and oxygen atoms in total. The van der Waals surface area contributed by atoms with Crippen LogP contribution in [0.1, 0.15) is 0 Å². The lowest BCUT2D eigenvalue weighted by Crippen LogP contribution is -1.85. The zero-order chi connectivity index (χ0) is 33.9. The number of furan rings is 3. The van der Waals surface area contributed by atoms with E-state index < -0.39 is 0 Å². The molecule has 4 heteroatoms. The minimum atomic E-state index is 0.887. The summed E-state index contributed by atoms with van der Waals surface area (Å²) < 4.78 is 18.6. The summed E-state index contributed by atoms with van der Waals surface area (Å²) in [7, 11) is 0.